The summed E-state index contributed by atoms with van der Waals surface area (Å²) < 4.78 is 5.40. The highest BCUT2D eigenvalue weighted by molar-refractivity contribution is 6.30. The van der Waals surface area contributed by atoms with Gasteiger partial charge in [-0.25, -0.2) is 0 Å². The molecule has 2 aromatic rings. The van der Waals surface area contributed by atoms with Crippen molar-refractivity contribution < 1.29 is 4.42 Å². The van der Waals surface area contributed by atoms with Crippen LogP contribution in [0, 0.1) is 0 Å². The van der Waals surface area contributed by atoms with Crippen molar-refractivity contribution in [3.8, 4) is 0 Å². The van der Waals surface area contributed by atoms with Gasteiger partial charge in [0.1, 0.15) is 5.76 Å². The molecule has 1 aromatic carbocycles. The van der Waals surface area contributed by atoms with Crippen LogP contribution in [0.4, 0.5) is 6.01 Å². The fourth-order valence-corrected chi connectivity index (χ4v) is 2.38. The lowest BCUT2D eigenvalue weighted by molar-refractivity contribution is 0.222. The zero-order valence-electron chi connectivity index (χ0n) is 9.90. The number of benzene rings is 1. The predicted molar refractivity (Wildman–Crippen MR) is 70.2 cm³/mol. The SMILES string of the molecule is Nc1nc2c(o1)CN(Cc1ccc(Cl)cc1)CC2. The van der Waals surface area contributed by atoms with Gasteiger partial charge in [0.15, 0.2) is 0 Å². The summed E-state index contributed by atoms with van der Waals surface area (Å²) in [5.41, 5.74) is 7.81. The molecule has 0 aliphatic carbocycles. The number of aromatic nitrogens is 1. The Morgan fingerprint density at radius 3 is 2.89 bits per heavy atom. The molecular formula is C13H14ClN3O. The first-order chi connectivity index (χ1) is 8.70. The van der Waals surface area contributed by atoms with E-state index < -0.39 is 0 Å². The minimum atomic E-state index is 0.272. The lowest BCUT2D eigenvalue weighted by atomic mass is 10.1. The van der Waals surface area contributed by atoms with Crippen LogP contribution < -0.4 is 5.73 Å². The summed E-state index contributed by atoms with van der Waals surface area (Å²) in [7, 11) is 0. The van der Waals surface area contributed by atoms with E-state index in [0.29, 0.717) is 0 Å². The van der Waals surface area contributed by atoms with Crippen molar-refractivity contribution in [1.29, 1.82) is 0 Å². The van der Waals surface area contributed by atoms with Crippen LogP contribution in [-0.2, 0) is 19.5 Å². The first-order valence-corrected chi connectivity index (χ1v) is 6.29. The second-order valence-corrected chi connectivity index (χ2v) is 4.95. The summed E-state index contributed by atoms with van der Waals surface area (Å²) in [6, 6.07) is 8.20. The van der Waals surface area contributed by atoms with Crippen LogP contribution >= 0.6 is 11.6 Å². The third-order valence-corrected chi connectivity index (χ3v) is 3.40. The number of nitrogen functional groups attached to an aromatic ring is 1. The van der Waals surface area contributed by atoms with Crippen molar-refractivity contribution in [3.63, 3.8) is 0 Å². The number of hydrogen-bond donors (Lipinski definition) is 1. The van der Waals surface area contributed by atoms with Gasteiger partial charge in [0, 0.05) is 24.5 Å². The number of anilines is 1. The van der Waals surface area contributed by atoms with Crippen LogP contribution in [0.2, 0.25) is 5.02 Å². The van der Waals surface area contributed by atoms with E-state index in [1.807, 2.05) is 24.3 Å². The van der Waals surface area contributed by atoms with Gasteiger partial charge >= 0.3 is 0 Å². The molecule has 0 unspecified atom stereocenters. The number of rotatable bonds is 2. The van der Waals surface area contributed by atoms with Crippen LogP contribution in [0.1, 0.15) is 17.0 Å². The van der Waals surface area contributed by atoms with Gasteiger partial charge in [0.05, 0.1) is 12.2 Å². The van der Waals surface area contributed by atoms with Crippen LogP contribution in [-0.4, -0.2) is 16.4 Å². The summed E-state index contributed by atoms with van der Waals surface area (Å²) in [5, 5.41) is 0.766. The largest absolute Gasteiger partial charge is 0.427 e. The molecule has 0 saturated heterocycles. The topological polar surface area (TPSA) is 55.3 Å². The molecule has 0 fully saturated rings. The van der Waals surface area contributed by atoms with Gasteiger partial charge in [-0.3, -0.25) is 4.90 Å². The quantitative estimate of drug-likeness (QED) is 0.904. The van der Waals surface area contributed by atoms with Gasteiger partial charge in [0.25, 0.3) is 6.01 Å². The Hall–Kier alpha value is -1.52. The number of oxazole rings is 1. The lowest BCUT2D eigenvalue weighted by Gasteiger charge is -2.24. The van der Waals surface area contributed by atoms with Crippen LogP contribution in [0.5, 0.6) is 0 Å². The third-order valence-electron chi connectivity index (χ3n) is 3.15. The average Bonchev–Trinajstić information content (AvgIpc) is 2.71. The van der Waals surface area contributed by atoms with E-state index in [4.69, 9.17) is 21.8 Å². The van der Waals surface area contributed by atoms with Crippen LogP contribution in [0.25, 0.3) is 0 Å². The highest BCUT2D eigenvalue weighted by atomic mass is 35.5. The van der Waals surface area contributed by atoms with Crippen LogP contribution in [0.3, 0.4) is 0 Å². The number of nitrogens with zero attached hydrogens (tertiary/aromatic N) is 2. The molecule has 0 saturated carbocycles. The Morgan fingerprint density at radius 1 is 1.33 bits per heavy atom. The maximum absolute atomic E-state index is 5.87. The number of halogens is 1. The van der Waals surface area contributed by atoms with Crippen molar-refractivity contribution in [1.82, 2.24) is 9.88 Å². The highest BCUT2D eigenvalue weighted by Gasteiger charge is 2.21. The first-order valence-electron chi connectivity index (χ1n) is 5.91. The molecular weight excluding hydrogens is 250 g/mol. The predicted octanol–water partition coefficient (Wildman–Crippen LogP) is 2.47. The molecule has 0 radical (unpaired) electrons. The Bertz CT molecular complexity index is 550. The van der Waals surface area contributed by atoms with Crippen LogP contribution in [0.15, 0.2) is 28.7 Å². The second kappa shape index (κ2) is 4.63. The minimum Gasteiger partial charge on any atom is -0.427 e. The Balaban J connectivity index is 1.70. The Morgan fingerprint density at radius 2 is 2.11 bits per heavy atom. The van der Waals surface area contributed by atoms with Gasteiger partial charge in [-0.1, -0.05) is 23.7 Å². The van der Waals surface area contributed by atoms with E-state index in [1.54, 1.807) is 0 Å². The Labute approximate surface area is 110 Å². The third kappa shape index (κ3) is 2.35. The molecule has 0 spiro atoms. The zero-order valence-corrected chi connectivity index (χ0v) is 10.7. The molecule has 2 heterocycles. The molecule has 4 nitrogen and oxygen atoms in total. The maximum atomic E-state index is 5.87. The lowest BCUT2D eigenvalue weighted by Crippen LogP contribution is -2.29. The van der Waals surface area contributed by atoms with E-state index >= 15 is 0 Å². The normalized spacial score (nSPS) is 15.6. The first kappa shape index (κ1) is 11.6. The molecule has 5 heteroatoms. The molecule has 0 bridgehead atoms. The second-order valence-electron chi connectivity index (χ2n) is 4.51. The number of hydrogen-bond acceptors (Lipinski definition) is 4. The Kier molecular flexibility index (Phi) is 2.97. The van der Waals surface area contributed by atoms with Crippen molar-refractivity contribution in [2.45, 2.75) is 19.5 Å². The molecule has 3 rings (SSSR count). The van der Waals surface area contributed by atoms with E-state index in [9.17, 15) is 0 Å². The smallest absolute Gasteiger partial charge is 0.292 e. The maximum Gasteiger partial charge on any atom is 0.292 e. The molecule has 18 heavy (non-hydrogen) atoms. The van der Waals surface area contributed by atoms with Gasteiger partial charge in [-0.05, 0) is 17.7 Å². The van der Waals surface area contributed by atoms with Crippen molar-refractivity contribution in [2.75, 3.05) is 12.3 Å². The summed E-state index contributed by atoms with van der Waals surface area (Å²) in [6.45, 7) is 2.63. The molecule has 1 aliphatic rings. The molecule has 0 amide bonds. The monoisotopic (exact) mass is 263 g/mol. The van der Waals surface area contributed by atoms with E-state index in [1.165, 1.54) is 5.56 Å². The van der Waals surface area contributed by atoms with Gasteiger partial charge in [-0.2, -0.15) is 4.98 Å². The van der Waals surface area contributed by atoms with Gasteiger partial charge < -0.3 is 10.2 Å². The highest BCUT2D eigenvalue weighted by Crippen LogP contribution is 2.22. The summed E-state index contributed by atoms with van der Waals surface area (Å²) in [5.74, 6) is 0.896. The van der Waals surface area contributed by atoms with E-state index in [2.05, 4.69) is 9.88 Å². The molecule has 2 N–H and O–H groups in total. The zero-order chi connectivity index (χ0) is 12.5. The molecule has 1 aliphatic heterocycles. The summed E-state index contributed by atoms with van der Waals surface area (Å²) >= 11 is 5.87. The van der Waals surface area contributed by atoms with Crippen molar-refractivity contribution >= 4 is 17.6 Å². The standard InChI is InChI=1S/C13H14ClN3O/c14-10-3-1-9(2-4-10)7-17-6-5-11-12(8-17)18-13(15)16-11/h1-4H,5-8H2,(H2,15,16). The average molecular weight is 264 g/mol. The molecule has 0 atom stereocenters. The summed E-state index contributed by atoms with van der Waals surface area (Å²) in [6.07, 6.45) is 0.892. The number of nitrogens with two attached hydrogens (primary N) is 1. The number of fused-ring (bicyclic) bond motifs is 1. The van der Waals surface area contributed by atoms with Crippen molar-refractivity contribution in [2.24, 2.45) is 0 Å². The molecule has 1 aromatic heterocycles. The fourth-order valence-electron chi connectivity index (χ4n) is 2.25. The van der Waals surface area contributed by atoms with Gasteiger partial charge in [0.2, 0.25) is 0 Å². The molecule has 94 valence electrons. The van der Waals surface area contributed by atoms with Crippen molar-refractivity contribution in [3.05, 3.63) is 46.3 Å². The van der Waals surface area contributed by atoms with E-state index in [-0.39, 0.29) is 6.01 Å². The van der Waals surface area contributed by atoms with E-state index in [0.717, 1.165) is 42.5 Å². The minimum absolute atomic E-state index is 0.272. The van der Waals surface area contributed by atoms with Gasteiger partial charge in [-0.15, -0.1) is 0 Å². The summed E-state index contributed by atoms with van der Waals surface area (Å²) in [4.78, 5) is 6.49. The fraction of sp³-hybridized carbons (Fsp3) is 0.308.